The Morgan fingerprint density at radius 1 is 1.39 bits per heavy atom. The van der Waals surface area contributed by atoms with Crippen molar-refractivity contribution < 1.29 is 9.47 Å². The molecule has 1 atom stereocenters. The molecule has 3 nitrogen and oxygen atoms in total. The number of benzene rings is 1. The first-order valence-corrected chi connectivity index (χ1v) is 6.70. The maximum Gasteiger partial charge on any atom is 0.125 e. The molecular weight excluding hydrogens is 250 g/mol. The Labute approximate surface area is 114 Å². The number of halogens is 1. The molecule has 1 unspecified atom stereocenters. The van der Waals surface area contributed by atoms with Gasteiger partial charge in [0, 0.05) is 30.8 Å². The predicted molar refractivity (Wildman–Crippen MR) is 75.4 cm³/mol. The lowest BCUT2D eigenvalue weighted by molar-refractivity contribution is 0.198. The van der Waals surface area contributed by atoms with Crippen LogP contribution >= 0.6 is 11.6 Å². The summed E-state index contributed by atoms with van der Waals surface area (Å²) in [5.41, 5.74) is 1.01. The van der Waals surface area contributed by atoms with Gasteiger partial charge in [-0.25, -0.2) is 0 Å². The Balaban J connectivity index is 2.67. The Morgan fingerprint density at radius 2 is 2.17 bits per heavy atom. The van der Waals surface area contributed by atoms with Crippen LogP contribution in [0.15, 0.2) is 18.2 Å². The van der Waals surface area contributed by atoms with Crippen LogP contribution in [-0.4, -0.2) is 26.4 Å². The van der Waals surface area contributed by atoms with Crippen LogP contribution in [0, 0.1) is 0 Å². The fourth-order valence-electron chi connectivity index (χ4n) is 1.51. The first kappa shape index (κ1) is 15.3. The maximum atomic E-state index is 6.22. The molecule has 0 amide bonds. The molecular formula is C14H22ClNO2. The molecule has 0 bridgehead atoms. The van der Waals surface area contributed by atoms with Crippen LogP contribution in [0.25, 0.3) is 0 Å². The number of nitrogens with one attached hydrogen (secondary N) is 1. The molecule has 0 aromatic heterocycles. The summed E-state index contributed by atoms with van der Waals surface area (Å²) in [6, 6.07) is 5.77. The molecule has 0 spiro atoms. The molecule has 0 aliphatic heterocycles. The van der Waals surface area contributed by atoms with E-state index in [0.29, 0.717) is 13.2 Å². The van der Waals surface area contributed by atoms with Gasteiger partial charge in [0.25, 0.3) is 0 Å². The average molecular weight is 272 g/mol. The molecule has 0 saturated carbocycles. The highest BCUT2D eigenvalue weighted by Crippen LogP contribution is 2.27. The fourth-order valence-corrected chi connectivity index (χ4v) is 1.74. The highest BCUT2D eigenvalue weighted by molar-refractivity contribution is 6.31. The average Bonchev–Trinajstić information content (AvgIpc) is 2.37. The Kier molecular flexibility index (Phi) is 7.09. The second-order valence-electron chi connectivity index (χ2n) is 4.22. The summed E-state index contributed by atoms with van der Waals surface area (Å²) in [6.07, 6.45) is 1.17. The van der Waals surface area contributed by atoms with Gasteiger partial charge in [-0.1, -0.05) is 24.6 Å². The Morgan fingerprint density at radius 3 is 2.83 bits per heavy atom. The molecule has 0 radical (unpaired) electrons. The normalized spacial score (nSPS) is 12.4. The standard InChI is InChI=1S/C14H22ClNO2/c1-4-11(2)18-14-7-5-6-13(15)12(14)10-16-8-9-17-3/h5-7,11,16H,4,8-10H2,1-3H3. The zero-order valence-corrected chi connectivity index (χ0v) is 12.1. The van der Waals surface area contributed by atoms with Crippen molar-refractivity contribution in [3.8, 4) is 5.75 Å². The number of hydrogen-bond acceptors (Lipinski definition) is 3. The van der Waals surface area contributed by atoms with E-state index in [9.17, 15) is 0 Å². The van der Waals surface area contributed by atoms with Crippen LogP contribution in [-0.2, 0) is 11.3 Å². The molecule has 1 aromatic rings. The van der Waals surface area contributed by atoms with Crippen molar-refractivity contribution in [3.05, 3.63) is 28.8 Å². The Hall–Kier alpha value is -0.770. The van der Waals surface area contributed by atoms with Crippen LogP contribution in [0.1, 0.15) is 25.8 Å². The minimum absolute atomic E-state index is 0.196. The topological polar surface area (TPSA) is 30.5 Å². The van der Waals surface area contributed by atoms with Gasteiger partial charge in [0.1, 0.15) is 5.75 Å². The number of methoxy groups -OCH3 is 1. The highest BCUT2D eigenvalue weighted by atomic mass is 35.5. The summed E-state index contributed by atoms with van der Waals surface area (Å²) in [7, 11) is 1.69. The summed E-state index contributed by atoms with van der Waals surface area (Å²) in [5, 5.41) is 4.02. The maximum absolute atomic E-state index is 6.22. The SMILES string of the molecule is CCC(C)Oc1cccc(Cl)c1CNCCOC. The van der Waals surface area contributed by atoms with E-state index in [1.807, 2.05) is 18.2 Å². The van der Waals surface area contributed by atoms with Gasteiger partial charge in [0.05, 0.1) is 12.7 Å². The lowest BCUT2D eigenvalue weighted by Gasteiger charge is -2.17. The summed E-state index contributed by atoms with van der Waals surface area (Å²) >= 11 is 6.22. The minimum Gasteiger partial charge on any atom is -0.490 e. The van der Waals surface area contributed by atoms with E-state index in [0.717, 1.165) is 29.3 Å². The summed E-state index contributed by atoms with van der Waals surface area (Å²) in [5.74, 6) is 0.863. The molecule has 0 saturated heterocycles. The highest BCUT2D eigenvalue weighted by Gasteiger charge is 2.10. The van der Waals surface area contributed by atoms with Gasteiger partial charge in [-0.2, -0.15) is 0 Å². The third kappa shape index (κ3) is 4.84. The lowest BCUT2D eigenvalue weighted by atomic mass is 10.2. The molecule has 0 heterocycles. The van der Waals surface area contributed by atoms with E-state index in [4.69, 9.17) is 21.1 Å². The van der Waals surface area contributed by atoms with Crippen LogP contribution in [0.3, 0.4) is 0 Å². The molecule has 0 aliphatic rings. The second-order valence-corrected chi connectivity index (χ2v) is 4.63. The molecule has 1 N–H and O–H groups in total. The van der Waals surface area contributed by atoms with Gasteiger partial charge in [-0.05, 0) is 25.5 Å². The summed E-state index contributed by atoms with van der Waals surface area (Å²) in [6.45, 7) is 6.33. The van der Waals surface area contributed by atoms with Crippen molar-refractivity contribution in [2.24, 2.45) is 0 Å². The van der Waals surface area contributed by atoms with Crippen LogP contribution in [0.2, 0.25) is 5.02 Å². The van der Waals surface area contributed by atoms with Gasteiger partial charge in [0.2, 0.25) is 0 Å². The van der Waals surface area contributed by atoms with E-state index in [1.54, 1.807) is 7.11 Å². The predicted octanol–water partition coefficient (Wildman–Crippen LogP) is 3.25. The van der Waals surface area contributed by atoms with Crippen LogP contribution < -0.4 is 10.1 Å². The quantitative estimate of drug-likeness (QED) is 0.736. The van der Waals surface area contributed by atoms with Crippen molar-refractivity contribution in [3.63, 3.8) is 0 Å². The van der Waals surface area contributed by atoms with E-state index in [-0.39, 0.29) is 6.10 Å². The molecule has 4 heteroatoms. The van der Waals surface area contributed by atoms with E-state index in [2.05, 4.69) is 19.2 Å². The molecule has 0 aliphatic carbocycles. The van der Waals surface area contributed by atoms with Gasteiger partial charge in [0.15, 0.2) is 0 Å². The second kappa shape index (κ2) is 8.35. The fraction of sp³-hybridized carbons (Fsp3) is 0.571. The van der Waals surface area contributed by atoms with Crippen molar-refractivity contribution in [2.75, 3.05) is 20.3 Å². The smallest absolute Gasteiger partial charge is 0.125 e. The first-order chi connectivity index (χ1) is 8.69. The number of ether oxygens (including phenoxy) is 2. The molecule has 1 aromatic carbocycles. The Bertz CT molecular complexity index is 358. The third-order valence-corrected chi connectivity index (χ3v) is 3.12. The number of rotatable bonds is 8. The molecule has 1 rings (SSSR count). The van der Waals surface area contributed by atoms with Gasteiger partial charge >= 0.3 is 0 Å². The van der Waals surface area contributed by atoms with Crippen molar-refractivity contribution in [1.29, 1.82) is 0 Å². The molecule has 18 heavy (non-hydrogen) atoms. The zero-order chi connectivity index (χ0) is 13.4. The number of hydrogen-bond donors (Lipinski definition) is 1. The van der Waals surface area contributed by atoms with Gasteiger partial charge in [-0.3, -0.25) is 0 Å². The largest absolute Gasteiger partial charge is 0.490 e. The van der Waals surface area contributed by atoms with Crippen molar-refractivity contribution >= 4 is 11.6 Å². The molecule has 0 fully saturated rings. The zero-order valence-electron chi connectivity index (χ0n) is 11.3. The van der Waals surface area contributed by atoms with Gasteiger partial charge < -0.3 is 14.8 Å². The monoisotopic (exact) mass is 271 g/mol. The van der Waals surface area contributed by atoms with E-state index in [1.165, 1.54) is 0 Å². The third-order valence-electron chi connectivity index (χ3n) is 2.76. The van der Waals surface area contributed by atoms with E-state index >= 15 is 0 Å². The van der Waals surface area contributed by atoms with Crippen LogP contribution in [0.5, 0.6) is 5.75 Å². The first-order valence-electron chi connectivity index (χ1n) is 6.32. The van der Waals surface area contributed by atoms with Gasteiger partial charge in [-0.15, -0.1) is 0 Å². The van der Waals surface area contributed by atoms with E-state index < -0.39 is 0 Å². The molecule has 102 valence electrons. The minimum atomic E-state index is 0.196. The van der Waals surface area contributed by atoms with Crippen LogP contribution in [0.4, 0.5) is 0 Å². The summed E-state index contributed by atoms with van der Waals surface area (Å²) in [4.78, 5) is 0. The summed E-state index contributed by atoms with van der Waals surface area (Å²) < 4.78 is 10.9. The lowest BCUT2D eigenvalue weighted by Crippen LogP contribution is -2.20. The van der Waals surface area contributed by atoms with Crippen molar-refractivity contribution in [2.45, 2.75) is 32.9 Å². The van der Waals surface area contributed by atoms with Crippen molar-refractivity contribution in [1.82, 2.24) is 5.32 Å².